The predicted molar refractivity (Wildman–Crippen MR) is 55.4 cm³/mol. The first-order valence-electron chi connectivity index (χ1n) is 4.96. The van der Waals surface area contributed by atoms with Crippen LogP contribution >= 0.6 is 0 Å². The number of hydrogen-bond donors (Lipinski definition) is 1. The van der Waals surface area contributed by atoms with E-state index in [-0.39, 0.29) is 5.54 Å². The van der Waals surface area contributed by atoms with Gasteiger partial charge in [-0.1, -0.05) is 36.8 Å². The Morgan fingerprint density at radius 2 is 1.77 bits per heavy atom. The lowest BCUT2D eigenvalue weighted by atomic mass is 9.66. The molecule has 0 radical (unpaired) electrons. The summed E-state index contributed by atoms with van der Waals surface area (Å²) in [6.45, 7) is 4.37. The highest BCUT2D eigenvalue weighted by Gasteiger charge is 2.39. The van der Waals surface area contributed by atoms with Crippen LogP contribution in [0.2, 0.25) is 0 Å². The third kappa shape index (κ3) is 1.49. The molecular formula is C12H17N. The van der Waals surface area contributed by atoms with Crippen molar-refractivity contribution in [3.63, 3.8) is 0 Å². The van der Waals surface area contributed by atoms with E-state index in [0.29, 0.717) is 0 Å². The molecule has 1 aliphatic rings. The zero-order valence-corrected chi connectivity index (χ0v) is 8.38. The van der Waals surface area contributed by atoms with Gasteiger partial charge in [0.2, 0.25) is 0 Å². The van der Waals surface area contributed by atoms with Gasteiger partial charge >= 0.3 is 0 Å². The molecule has 0 saturated heterocycles. The van der Waals surface area contributed by atoms with E-state index >= 15 is 0 Å². The summed E-state index contributed by atoms with van der Waals surface area (Å²) >= 11 is 0. The van der Waals surface area contributed by atoms with Crippen molar-refractivity contribution >= 4 is 0 Å². The maximum atomic E-state index is 6.26. The number of benzene rings is 1. The molecule has 0 heterocycles. The van der Waals surface area contributed by atoms with E-state index in [4.69, 9.17) is 5.73 Å². The second-order valence-corrected chi connectivity index (χ2v) is 4.54. The number of hydrogen-bond acceptors (Lipinski definition) is 1. The van der Waals surface area contributed by atoms with Gasteiger partial charge in [0, 0.05) is 5.54 Å². The molecule has 0 atom stereocenters. The van der Waals surface area contributed by atoms with Crippen molar-refractivity contribution in [1.82, 2.24) is 0 Å². The highest BCUT2D eigenvalue weighted by Crippen LogP contribution is 2.42. The Kier molecular flexibility index (Phi) is 1.92. The molecule has 0 aliphatic heterocycles. The first kappa shape index (κ1) is 8.76. The Labute approximate surface area is 80.0 Å². The average Bonchev–Trinajstić information content (AvgIpc) is 2.03. The summed E-state index contributed by atoms with van der Waals surface area (Å²) in [5, 5.41) is 0. The fourth-order valence-corrected chi connectivity index (χ4v) is 2.31. The second kappa shape index (κ2) is 2.85. The van der Waals surface area contributed by atoms with Gasteiger partial charge in [-0.2, -0.15) is 0 Å². The Hall–Kier alpha value is -0.820. The van der Waals surface area contributed by atoms with Crippen LogP contribution in [0.25, 0.3) is 0 Å². The van der Waals surface area contributed by atoms with Crippen LogP contribution in [0.5, 0.6) is 0 Å². The highest BCUT2D eigenvalue weighted by atomic mass is 14.8. The minimum absolute atomic E-state index is 0.0207. The fourth-order valence-electron chi connectivity index (χ4n) is 2.31. The molecule has 1 aromatic rings. The van der Waals surface area contributed by atoms with E-state index in [1.807, 2.05) is 0 Å². The van der Waals surface area contributed by atoms with E-state index in [9.17, 15) is 0 Å². The molecule has 0 amide bonds. The summed E-state index contributed by atoms with van der Waals surface area (Å²) in [5.74, 6) is 0.798. The van der Waals surface area contributed by atoms with Crippen molar-refractivity contribution in [2.75, 3.05) is 0 Å². The van der Waals surface area contributed by atoms with Gasteiger partial charge in [0.1, 0.15) is 0 Å². The van der Waals surface area contributed by atoms with Gasteiger partial charge in [0.15, 0.2) is 0 Å². The second-order valence-electron chi connectivity index (χ2n) is 4.54. The lowest BCUT2D eigenvalue weighted by Gasteiger charge is -2.44. The Morgan fingerprint density at radius 3 is 2.23 bits per heavy atom. The predicted octanol–water partition coefficient (Wildman–Crippen LogP) is 2.58. The number of nitrogens with two attached hydrogens (primary N) is 1. The van der Waals surface area contributed by atoms with Gasteiger partial charge < -0.3 is 5.73 Å². The smallest absolute Gasteiger partial charge is 0.0414 e. The Bertz CT molecular complexity index is 293. The largest absolute Gasteiger partial charge is 0.321 e. The number of rotatable bonds is 1. The molecule has 0 bridgehead atoms. The summed E-state index contributed by atoms with van der Waals surface area (Å²) in [6.07, 6.45) is 2.27. The van der Waals surface area contributed by atoms with E-state index in [1.54, 1.807) is 0 Å². The van der Waals surface area contributed by atoms with Crippen molar-refractivity contribution in [2.24, 2.45) is 11.7 Å². The Balaban J connectivity index is 2.22. The summed E-state index contributed by atoms with van der Waals surface area (Å²) in [5.41, 5.74) is 8.85. The van der Waals surface area contributed by atoms with Gasteiger partial charge in [-0.3, -0.25) is 0 Å². The van der Waals surface area contributed by atoms with E-state index in [1.165, 1.54) is 11.1 Å². The zero-order chi connectivity index (χ0) is 9.47. The van der Waals surface area contributed by atoms with E-state index < -0.39 is 0 Å². The normalized spacial score (nSPS) is 32.7. The van der Waals surface area contributed by atoms with Crippen molar-refractivity contribution in [2.45, 2.75) is 32.2 Å². The third-order valence-electron chi connectivity index (χ3n) is 3.05. The maximum absolute atomic E-state index is 6.26. The standard InChI is InChI=1S/C12H17N/c1-9-3-5-11(6-4-9)12(13)7-10(2)8-12/h3-6,10H,7-8,13H2,1-2H3. The zero-order valence-electron chi connectivity index (χ0n) is 8.38. The van der Waals surface area contributed by atoms with Gasteiger partial charge in [-0.25, -0.2) is 0 Å². The van der Waals surface area contributed by atoms with Crippen molar-refractivity contribution < 1.29 is 0 Å². The topological polar surface area (TPSA) is 26.0 Å². The minimum Gasteiger partial charge on any atom is -0.321 e. The average molecular weight is 175 g/mol. The molecule has 70 valence electrons. The third-order valence-corrected chi connectivity index (χ3v) is 3.05. The molecule has 2 N–H and O–H groups in total. The molecule has 0 unspecified atom stereocenters. The van der Waals surface area contributed by atoms with Crippen molar-refractivity contribution in [3.05, 3.63) is 35.4 Å². The van der Waals surface area contributed by atoms with E-state index in [0.717, 1.165) is 18.8 Å². The summed E-state index contributed by atoms with van der Waals surface area (Å²) in [7, 11) is 0. The van der Waals surface area contributed by atoms with Crippen LogP contribution in [0.4, 0.5) is 0 Å². The van der Waals surface area contributed by atoms with Crippen molar-refractivity contribution in [1.29, 1.82) is 0 Å². The molecule has 13 heavy (non-hydrogen) atoms. The number of aryl methyl sites for hydroxylation is 1. The van der Waals surface area contributed by atoms with Crippen LogP contribution in [0.1, 0.15) is 30.9 Å². The molecule has 1 saturated carbocycles. The van der Waals surface area contributed by atoms with Gasteiger partial charge in [0.25, 0.3) is 0 Å². The fraction of sp³-hybridized carbons (Fsp3) is 0.500. The first-order chi connectivity index (χ1) is 6.10. The molecular weight excluding hydrogens is 158 g/mol. The molecule has 1 aromatic carbocycles. The lowest BCUT2D eigenvalue weighted by Crippen LogP contribution is -2.47. The maximum Gasteiger partial charge on any atom is 0.0414 e. The Morgan fingerprint density at radius 1 is 1.23 bits per heavy atom. The van der Waals surface area contributed by atoms with Crippen LogP contribution in [-0.4, -0.2) is 0 Å². The van der Waals surface area contributed by atoms with E-state index in [2.05, 4.69) is 38.1 Å². The molecule has 1 nitrogen and oxygen atoms in total. The first-order valence-corrected chi connectivity index (χ1v) is 4.96. The van der Waals surface area contributed by atoms with Gasteiger partial charge in [0.05, 0.1) is 0 Å². The van der Waals surface area contributed by atoms with Gasteiger partial charge in [-0.15, -0.1) is 0 Å². The van der Waals surface area contributed by atoms with Crippen LogP contribution in [0.3, 0.4) is 0 Å². The highest BCUT2D eigenvalue weighted by molar-refractivity contribution is 5.29. The van der Waals surface area contributed by atoms with Crippen LogP contribution in [-0.2, 0) is 5.54 Å². The molecule has 0 spiro atoms. The molecule has 1 aliphatic carbocycles. The molecule has 2 rings (SSSR count). The summed E-state index contributed by atoms with van der Waals surface area (Å²) in [4.78, 5) is 0. The van der Waals surface area contributed by atoms with Gasteiger partial charge in [-0.05, 0) is 31.2 Å². The lowest BCUT2D eigenvalue weighted by molar-refractivity contribution is 0.164. The van der Waals surface area contributed by atoms with Crippen molar-refractivity contribution in [3.8, 4) is 0 Å². The summed E-state index contributed by atoms with van der Waals surface area (Å²) in [6, 6.07) is 8.63. The van der Waals surface area contributed by atoms with Crippen LogP contribution in [0.15, 0.2) is 24.3 Å². The van der Waals surface area contributed by atoms with Crippen LogP contribution in [0, 0.1) is 12.8 Å². The molecule has 1 fully saturated rings. The summed E-state index contributed by atoms with van der Waals surface area (Å²) < 4.78 is 0. The minimum atomic E-state index is -0.0207. The molecule has 0 aromatic heterocycles. The van der Waals surface area contributed by atoms with Crippen LogP contribution < -0.4 is 5.73 Å². The SMILES string of the molecule is Cc1ccc(C2(N)CC(C)C2)cc1. The molecule has 1 heteroatoms. The monoisotopic (exact) mass is 175 g/mol. The quantitative estimate of drug-likeness (QED) is 0.697.